The number of aromatic nitrogens is 5. The van der Waals surface area contributed by atoms with E-state index in [1.54, 1.807) is 6.20 Å². The van der Waals surface area contributed by atoms with Gasteiger partial charge in [-0.2, -0.15) is 15.5 Å². The molecule has 0 aliphatic rings. The van der Waals surface area contributed by atoms with E-state index in [-0.39, 0.29) is 5.92 Å². The van der Waals surface area contributed by atoms with E-state index in [0.29, 0.717) is 12.1 Å². The fraction of sp³-hybridized carbons (Fsp3) is 0.353. The van der Waals surface area contributed by atoms with Crippen molar-refractivity contribution in [2.24, 2.45) is 0 Å². The molecule has 0 fully saturated rings. The normalized spacial score (nSPS) is 11.1. The molecule has 0 bridgehead atoms. The monoisotopic (exact) mass is 306 g/mol. The van der Waals surface area contributed by atoms with Gasteiger partial charge in [-0.05, 0) is 18.1 Å². The van der Waals surface area contributed by atoms with Gasteiger partial charge in [0.05, 0.1) is 28.9 Å². The number of hydrogen-bond acceptors (Lipinski definition) is 5. The van der Waals surface area contributed by atoms with Crippen LogP contribution < -0.4 is 0 Å². The standard InChI is InChI=1S/C17H18N6/c1-4-14-20-16(11(2)3)15-12(8-18)9-23(17(15)21-14)10-13-6-5-7-19-22-13/h5-7,9,11H,4,10H2,1-3H3. The maximum absolute atomic E-state index is 9.50. The minimum absolute atomic E-state index is 0.227. The third-order valence-corrected chi connectivity index (χ3v) is 3.73. The molecule has 0 aromatic carbocycles. The molecule has 0 aliphatic heterocycles. The van der Waals surface area contributed by atoms with Gasteiger partial charge in [0, 0.05) is 18.8 Å². The Morgan fingerprint density at radius 3 is 2.74 bits per heavy atom. The van der Waals surface area contributed by atoms with Crippen LogP contribution in [0.25, 0.3) is 11.0 Å². The summed E-state index contributed by atoms with van der Waals surface area (Å²) in [6.07, 6.45) is 4.24. The topological polar surface area (TPSA) is 80.3 Å². The summed E-state index contributed by atoms with van der Waals surface area (Å²) < 4.78 is 1.96. The first-order valence-electron chi connectivity index (χ1n) is 7.70. The third-order valence-electron chi connectivity index (χ3n) is 3.73. The summed E-state index contributed by atoms with van der Waals surface area (Å²) in [5.74, 6) is 1.02. The van der Waals surface area contributed by atoms with Crippen molar-refractivity contribution in [1.29, 1.82) is 5.26 Å². The Bertz CT molecular complexity index is 873. The van der Waals surface area contributed by atoms with Crippen LogP contribution in [0.5, 0.6) is 0 Å². The van der Waals surface area contributed by atoms with E-state index < -0.39 is 0 Å². The highest BCUT2D eigenvalue weighted by Crippen LogP contribution is 2.28. The van der Waals surface area contributed by atoms with E-state index in [0.717, 1.165) is 34.7 Å². The van der Waals surface area contributed by atoms with Gasteiger partial charge in [0.25, 0.3) is 0 Å². The van der Waals surface area contributed by atoms with Crippen LogP contribution >= 0.6 is 0 Å². The van der Waals surface area contributed by atoms with Crippen molar-refractivity contribution in [2.45, 2.75) is 39.7 Å². The molecule has 3 heterocycles. The molecule has 0 unspecified atom stereocenters. The van der Waals surface area contributed by atoms with Crippen molar-refractivity contribution in [1.82, 2.24) is 24.7 Å². The molecular weight excluding hydrogens is 288 g/mol. The summed E-state index contributed by atoms with van der Waals surface area (Å²) >= 11 is 0. The lowest BCUT2D eigenvalue weighted by atomic mass is 10.0. The van der Waals surface area contributed by atoms with Gasteiger partial charge < -0.3 is 4.57 Å². The van der Waals surface area contributed by atoms with Gasteiger partial charge in [0.1, 0.15) is 17.5 Å². The van der Waals surface area contributed by atoms with Crippen molar-refractivity contribution in [2.75, 3.05) is 0 Å². The van der Waals surface area contributed by atoms with Gasteiger partial charge in [0.15, 0.2) is 0 Å². The van der Waals surface area contributed by atoms with Gasteiger partial charge in [-0.15, -0.1) is 0 Å². The molecule has 0 saturated carbocycles. The highest BCUT2D eigenvalue weighted by Gasteiger charge is 2.18. The average Bonchev–Trinajstić information content (AvgIpc) is 2.92. The maximum Gasteiger partial charge on any atom is 0.145 e. The number of hydrogen-bond donors (Lipinski definition) is 0. The molecule has 0 radical (unpaired) electrons. The first-order valence-corrected chi connectivity index (χ1v) is 7.70. The molecule has 0 spiro atoms. The van der Waals surface area contributed by atoms with E-state index >= 15 is 0 Å². The Hall–Kier alpha value is -2.81. The smallest absolute Gasteiger partial charge is 0.145 e. The van der Waals surface area contributed by atoms with Crippen LogP contribution in [0, 0.1) is 11.3 Å². The van der Waals surface area contributed by atoms with E-state index in [9.17, 15) is 5.26 Å². The van der Waals surface area contributed by atoms with Crippen molar-refractivity contribution >= 4 is 11.0 Å². The second-order valence-electron chi connectivity index (χ2n) is 5.73. The van der Waals surface area contributed by atoms with Gasteiger partial charge in [-0.1, -0.05) is 20.8 Å². The molecule has 6 heteroatoms. The molecule has 0 amide bonds. The van der Waals surface area contributed by atoms with Crippen LogP contribution in [0.2, 0.25) is 0 Å². The highest BCUT2D eigenvalue weighted by atomic mass is 15.1. The zero-order valence-corrected chi connectivity index (χ0v) is 13.5. The predicted octanol–water partition coefficient (Wildman–Crippen LogP) is 2.83. The number of aryl methyl sites for hydroxylation is 1. The molecule has 116 valence electrons. The summed E-state index contributed by atoms with van der Waals surface area (Å²) in [5, 5.41) is 18.4. The molecule has 3 rings (SSSR count). The van der Waals surface area contributed by atoms with E-state index in [1.165, 1.54) is 0 Å². The SMILES string of the molecule is CCc1nc(C(C)C)c2c(C#N)cn(Cc3cccnn3)c2n1. The summed E-state index contributed by atoms with van der Waals surface area (Å²) in [4.78, 5) is 9.30. The molecule has 3 aromatic heterocycles. The Morgan fingerprint density at radius 1 is 1.30 bits per heavy atom. The number of fused-ring (bicyclic) bond motifs is 1. The van der Waals surface area contributed by atoms with Crippen LogP contribution in [0.15, 0.2) is 24.5 Å². The van der Waals surface area contributed by atoms with Crippen molar-refractivity contribution in [3.63, 3.8) is 0 Å². The van der Waals surface area contributed by atoms with Gasteiger partial charge >= 0.3 is 0 Å². The molecular formula is C17H18N6. The molecule has 0 aliphatic carbocycles. The first-order chi connectivity index (χ1) is 11.1. The molecule has 3 aromatic rings. The second kappa shape index (κ2) is 6.13. The molecule has 6 nitrogen and oxygen atoms in total. The lowest BCUT2D eigenvalue weighted by Crippen LogP contribution is -2.06. The largest absolute Gasteiger partial charge is 0.325 e. The van der Waals surface area contributed by atoms with Crippen LogP contribution in [-0.4, -0.2) is 24.7 Å². The lowest BCUT2D eigenvalue weighted by molar-refractivity contribution is 0.759. The van der Waals surface area contributed by atoms with Crippen LogP contribution in [0.3, 0.4) is 0 Å². The molecule has 0 saturated heterocycles. The number of nitrogens with zero attached hydrogens (tertiary/aromatic N) is 6. The minimum Gasteiger partial charge on any atom is -0.325 e. The summed E-state index contributed by atoms with van der Waals surface area (Å²) in [6, 6.07) is 6.04. The number of rotatable bonds is 4. The fourth-order valence-corrected chi connectivity index (χ4v) is 2.63. The Balaban J connectivity index is 2.23. The molecule has 0 N–H and O–H groups in total. The van der Waals surface area contributed by atoms with Crippen molar-refractivity contribution < 1.29 is 0 Å². The predicted molar refractivity (Wildman–Crippen MR) is 86.8 cm³/mol. The van der Waals surface area contributed by atoms with Crippen molar-refractivity contribution in [3.05, 3.63) is 47.3 Å². The Kier molecular flexibility index (Phi) is 4.02. The van der Waals surface area contributed by atoms with Crippen LogP contribution in [0.1, 0.15) is 49.5 Å². The first kappa shape index (κ1) is 15.1. The summed E-state index contributed by atoms with van der Waals surface area (Å²) in [6.45, 7) is 6.74. The van der Waals surface area contributed by atoms with Crippen molar-refractivity contribution in [3.8, 4) is 6.07 Å². The zero-order valence-electron chi connectivity index (χ0n) is 13.5. The second-order valence-corrected chi connectivity index (χ2v) is 5.73. The molecule has 23 heavy (non-hydrogen) atoms. The Labute approximate surface area is 134 Å². The van der Waals surface area contributed by atoms with Crippen LogP contribution in [0.4, 0.5) is 0 Å². The Morgan fingerprint density at radius 2 is 2.13 bits per heavy atom. The van der Waals surface area contributed by atoms with E-state index in [1.807, 2.05) is 29.8 Å². The fourth-order valence-electron chi connectivity index (χ4n) is 2.63. The van der Waals surface area contributed by atoms with E-state index in [4.69, 9.17) is 0 Å². The summed E-state index contributed by atoms with van der Waals surface area (Å²) in [5.41, 5.74) is 3.16. The van der Waals surface area contributed by atoms with E-state index in [2.05, 4.69) is 40.1 Å². The van der Waals surface area contributed by atoms with Gasteiger partial charge in [0.2, 0.25) is 0 Å². The molecule has 0 atom stereocenters. The van der Waals surface area contributed by atoms with Gasteiger partial charge in [-0.25, -0.2) is 9.97 Å². The van der Waals surface area contributed by atoms with Crippen LogP contribution in [-0.2, 0) is 13.0 Å². The average molecular weight is 306 g/mol. The van der Waals surface area contributed by atoms with Gasteiger partial charge in [-0.3, -0.25) is 0 Å². The quantitative estimate of drug-likeness (QED) is 0.740. The summed E-state index contributed by atoms with van der Waals surface area (Å²) in [7, 11) is 0. The minimum atomic E-state index is 0.227. The highest BCUT2D eigenvalue weighted by molar-refractivity contribution is 5.86. The zero-order chi connectivity index (χ0) is 16.4. The third kappa shape index (κ3) is 2.78. The maximum atomic E-state index is 9.50. The number of nitriles is 1. The lowest BCUT2D eigenvalue weighted by Gasteiger charge is -2.10.